The Morgan fingerprint density at radius 2 is 1.95 bits per heavy atom. The lowest BCUT2D eigenvalue weighted by Gasteiger charge is -2.28. The molecule has 1 saturated heterocycles. The Labute approximate surface area is 113 Å². The van der Waals surface area contributed by atoms with Crippen molar-refractivity contribution in [2.24, 2.45) is 0 Å². The van der Waals surface area contributed by atoms with Gasteiger partial charge in [0, 0.05) is 40.2 Å². The number of aliphatic carboxylic acids is 1. The molecule has 1 rings (SSSR count). The van der Waals surface area contributed by atoms with E-state index < -0.39 is 12.0 Å². The molecule has 1 fully saturated rings. The number of carboxylic acids is 1. The van der Waals surface area contributed by atoms with Gasteiger partial charge in [-0.05, 0) is 14.1 Å². The first-order valence-electron chi connectivity index (χ1n) is 6.28. The smallest absolute Gasteiger partial charge is 0.326 e. The molecule has 1 heterocycles. The zero-order chi connectivity index (χ0) is 14.6. The van der Waals surface area contributed by atoms with Crippen LogP contribution in [0.15, 0.2) is 0 Å². The molecule has 2 amide bonds. The first-order valence-corrected chi connectivity index (χ1v) is 6.28. The van der Waals surface area contributed by atoms with Crippen molar-refractivity contribution in [3.63, 3.8) is 0 Å². The highest BCUT2D eigenvalue weighted by molar-refractivity contribution is 5.83. The standard InChI is InChI=1S/C12H23N3O4/c1-13(2)5-6-14(3)12(18)15-8-9(19-4)7-10(15)11(16)17/h9-10H,5-8H2,1-4H3,(H,16,17). The number of hydrogen-bond donors (Lipinski definition) is 1. The Hall–Kier alpha value is -1.34. The van der Waals surface area contributed by atoms with Crippen molar-refractivity contribution in [2.75, 3.05) is 47.9 Å². The van der Waals surface area contributed by atoms with Crippen LogP contribution in [0, 0.1) is 0 Å². The van der Waals surface area contributed by atoms with E-state index in [0.717, 1.165) is 6.54 Å². The number of amides is 2. The third kappa shape index (κ3) is 4.07. The monoisotopic (exact) mass is 273 g/mol. The molecule has 0 saturated carbocycles. The maximum atomic E-state index is 12.2. The van der Waals surface area contributed by atoms with Crippen LogP contribution >= 0.6 is 0 Å². The maximum absolute atomic E-state index is 12.2. The lowest BCUT2D eigenvalue weighted by molar-refractivity contribution is -0.141. The van der Waals surface area contributed by atoms with Gasteiger partial charge < -0.3 is 24.5 Å². The lowest BCUT2D eigenvalue weighted by Crippen LogP contribution is -2.48. The fourth-order valence-electron chi connectivity index (χ4n) is 2.08. The molecule has 0 bridgehead atoms. The summed E-state index contributed by atoms with van der Waals surface area (Å²) in [5, 5.41) is 9.17. The predicted octanol–water partition coefficient (Wildman–Crippen LogP) is -0.226. The van der Waals surface area contributed by atoms with Crippen LogP contribution in [0.1, 0.15) is 6.42 Å². The summed E-state index contributed by atoms with van der Waals surface area (Å²) in [5.74, 6) is -0.978. The molecule has 2 atom stereocenters. The van der Waals surface area contributed by atoms with Crippen molar-refractivity contribution in [1.82, 2.24) is 14.7 Å². The van der Waals surface area contributed by atoms with E-state index in [0.29, 0.717) is 19.5 Å². The van der Waals surface area contributed by atoms with Crippen molar-refractivity contribution >= 4 is 12.0 Å². The van der Waals surface area contributed by atoms with Gasteiger partial charge >= 0.3 is 12.0 Å². The molecule has 0 aromatic rings. The van der Waals surface area contributed by atoms with E-state index in [-0.39, 0.29) is 12.1 Å². The highest BCUT2D eigenvalue weighted by Gasteiger charge is 2.40. The van der Waals surface area contributed by atoms with Crippen LogP contribution in [0.25, 0.3) is 0 Å². The van der Waals surface area contributed by atoms with Gasteiger partial charge in [-0.3, -0.25) is 0 Å². The molecule has 1 aliphatic rings. The summed E-state index contributed by atoms with van der Waals surface area (Å²) in [7, 11) is 7.07. The molecule has 19 heavy (non-hydrogen) atoms. The number of carbonyl (C=O) groups is 2. The molecule has 0 spiro atoms. The number of methoxy groups -OCH3 is 1. The number of hydrogen-bond acceptors (Lipinski definition) is 4. The summed E-state index contributed by atoms with van der Waals surface area (Å²) >= 11 is 0. The van der Waals surface area contributed by atoms with E-state index in [1.807, 2.05) is 19.0 Å². The van der Waals surface area contributed by atoms with Crippen LogP contribution in [0.5, 0.6) is 0 Å². The van der Waals surface area contributed by atoms with E-state index >= 15 is 0 Å². The number of urea groups is 1. The highest BCUT2D eigenvalue weighted by Crippen LogP contribution is 2.21. The van der Waals surface area contributed by atoms with Gasteiger partial charge in [-0.25, -0.2) is 9.59 Å². The van der Waals surface area contributed by atoms with Gasteiger partial charge in [-0.2, -0.15) is 0 Å². The normalized spacial score (nSPS) is 22.9. The second-order valence-corrected chi connectivity index (χ2v) is 5.11. The summed E-state index contributed by atoms with van der Waals surface area (Å²) < 4.78 is 5.17. The predicted molar refractivity (Wildman–Crippen MR) is 70.1 cm³/mol. The van der Waals surface area contributed by atoms with E-state index in [1.54, 1.807) is 11.9 Å². The Morgan fingerprint density at radius 1 is 1.32 bits per heavy atom. The van der Waals surface area contributed by atoms with Crippen molar-refractivity contribution in [2.45, 2.75) is 18.6 Å². The fourth-order valence-corrected chi connectivity index (χ4v) is 2.08. The number of nitrogens with zero attached hydrogens (tertiary/aromatic N) is 3. The maximum Gasteiger partial charge on any atom is 0.326 e. The second-order valence-electron chi connectivity index (χ2n) is 5.11. The zero-order valence-corrected chi connectivity index (χ0v) is 12.0. The van der Waals surface area contributed by atoms with Gasteiger partial charge in [0.25, 0.3) is 0 Å². The van der Waals surface area contributed by atoms with E-state index in [4.69, 9.17) is 9.84 Å². The van der Waals surface area contributed by atoms with Gasteiger partial charge in [0.1, 0.15) is 6.04 Å². The molecule has 0 aromatic heterocycles. The zero-order valence-electron chi connectivity index (χ0n) is 12.0. The molecule has 2 unspecified atom stereocenters. The third-order valence-electron chi connectivity index (χ3n) is 3.34. The summed E-state index contributed by atoms with van der Waals surface area (Å²) in [6.07, 6.45) is 0.145. The van der Waals surface area contributed by atoms with Crippen LogP contribution in [0.4, 0.5) is 4.79 Å². The minimum absolute atomic E-state index is 0.202. The fraction of sp³-hybridized carbons (Fsp3) is 0.833. The molecular weight excluding hydrogens is 250 g/mol. The first-order chi connectivity index (χ1) is 8.86. The number of likely N-dealkylation sites (tertiary alicyclic amines) is 1. The molecule has 7 heteroatoms. The Morgan fingerprint density at radius 3 is 2.42 bits per heavy atom. The van der Waals surface area contributed by atoms with E-state index in [1.165, 1.54) is 12.0 Å². The number of carbonyl (C=O) groups excluding carboxylic acids is 1. The van der Waals surface area contributed by atoms with Gasteiger partial charge in [0.15, 0.2) is 0 Å². The van der Waals surface area contributed by atoms with E-state index in [9.17, 15) is 9.59 Å². The van der Waals surface area contributed by atoms with Crippen molar-refractivity contribution in [3.05, 3.63) is 0 Å². The summed E-state index contributed by atoms with van der Waals surface area (Å²) in [4.78, 5) is 28.3. The minimum atomic E-state index is -0.978. The highest BCUT2D eigenvalue weighted by atomic mass is 16.5. The Balaban J connectivity index is 2.65. The number of rotatable bonds is 5. The van der Waals surface area contributed by atoms with Crippen LogP contribution in [-0.4, -0.2) is 91.8 Å². The van der Waals surface area contributed by atoms with Gasteiger partial charge in [-0.1, -0.05) is 0 Å². The minimum Gasteiger partial charge on any atom is -0.480 e. The second kappa shape index (κ2) is 6.72. The SMILES string of the molecule is COC1CC(C(=O)O)N(C(=O)N(C)CCN(C)C)C1. The number of likely N-dealkylation sites (N-methyl/N-ethyl adjacent to an activating group) is 2. The third-order valence-corrected chi connectivity index (χ3v) is 3.34. The van der Waals surface area contributed by atoms with Crippen LogP contribution < -0.4 is 0 Å². The Bertz CT molecular complexity index is 335. The van der Waals surface area contributed by atoms with Gasteiger partial charge in [0.05, 0.1) is 6.10 Å². The van der Waals surface area contributed by atoms with Crippen LogP contribution in [-0.2, 0) is 9.53 Å². The van der Waals surface area contributed by atoms with Crippen LogP contribution in [0.2, 0.25) is 0 Å². The largest absolute Gasteiger partial charge is 0.480 e. The van der Waals surface area contributed by atoms with Crippen molar-refractivity contribution in [3.8, 4) is 0 Å². The molecule has 0 aliphatic carbocycles. The molecule has 110 valence electrons. The molecule has 1 aliphatic heterocycles. The molecule has 1 N–H and O–H groups in total. The van der Waals surface area contributed by atoms with Crippen molar-refractivity contribution in [1.29, 1.82) is 0 Å². The molecule has 7 nitrogen and oxygen atoms in total. The van der Waals surface area contributed by atoms with Gasteiger partial charge in [-0.15, -0.1) is 0 Å². The number of carboxylic acid groups (broad SMARTS) is 1. The first kappa shape index (κ1) is 15.7. The quantitative estimate of drug-likeness (QED) is 0.749. The molecular formula is C12H23N3O4. The number of ether oxygens (including phenoxy) is 1. The van der Waals surface area contributed by atoms with E-state index in [2.05, 4.69) is 0 Å². The lowest BCUT2D eigenvalue weighted by atomic mass is 10.2. The Kier molecular flexibility index (Phi) is 5.56. The van der Waals surface area contributed by atoms with Gasteiger partial charge in [0.2, 0.25) is 0 Å². The van der Waals surface area contributed by atoms with Crippen molar-refractivity contribution < 1.29 is 19.4 Å². The summed E-state index contributed by atoms with van der Waals surface area (Å²) in [5.41, 5.74) is 0. The average Bonchev–Trinajstić information content (AvgIpc) is 2.79. The average molecular weight is 273 g/mol. The molecule has 0 radical (unpaired) electrons. The topological polar surface area (TPSA) is 73.3 Å². The molecule has 0 aromatic carbocycles. The van der Waals surface area contributed by atoms with Crippen LogP contribution in [0.3, 0.4) is 0 Å². The summed E-state index contributed by atoms with van der Waals surface area (Å²) in [6, 6.07) is -1.05. The summed E-state index contributed by atoms with van der Waals surface area (Å²) in [6.45, 7) is 1.63.